The monoisotopic (exact) mass is 501 g/mol. The zero-order chi connectivity index (χ0) is 25.5. The molecule has 37 heavy (non-hydrogen) atoms. The van der Waals surface area contributed by atoms with Crippen LogP contribution in [0.2, 0.25) is 0 Å². The van der Waals surface area contributed by atoms with Gasteiger partial charge >= 0.3 is 0 Å². The Balaban J connectivity index is 1.13. The molecular formula is C25H27N9O3. The van der Waals surface area contributed by atoms with Gasteiger partial charge in [-0.05, 0) is 30.7 Å². The molecule has 0 bridgehead atoms. The minimum Gasteiger partial charge on any atom is -0.381 e. The first-order valence-electron chi connectivity index (χ1n) is 12.1. The SMILES string of the molecule is Cc1ncc(NC(=O)CN2CC3COCC3C2)cc1NC(=O)c1nnc2cc(-c3cnn(C)c3)ccn12. The summed E-state index contributed by atoms with van der Waals surface area (Å²) in [6.07, 6.45) is 7.01. The highest BCUT2D eigenvalue weighted by Gasteiger charge is 2.37. The number of aromatic nitrogens is 6. The van der Waals surface area contributed by atoms with E-state index in [0.29, 0.717) is 41.1 Å². The highest BCUT2D eigenvalue weighted by Crippen LogP contribution is 2.29. The lowest BCUT2D eigenvalue weighted by molar-refractivity contribution is -0.117. The zero-order valence-corrected chi connectivity index (χ0v) is 20.6. The largest absolute Gasteiger partial charge is 0.381 e. The molecule has 2 saturated heterocycles. The minimum absolute atomic E-state index is 0.114. The highest BCUT2D eigenvalue weighted by atomic mass is 16.5. The third-order valence-corrected chi connectivity index (χ3v) is 6.95. The van der Waals surface area contributed by atoms with E-state index < -0.39 is 5.91 Å². The first-order chi connectivity index (χ1) is 17.9. The van der Waals surface area contributed by atoms with Crippen LogP contribution >= 0.6 is 0 Å². The molecule has 0 saturated carbocycles. The number of rotatable bonds is 6. The molecule has 6 heterocycles. The van der Waals surface area contributed by atoms with Crippen LogP contribution in [0.1, 0.15) is 16.3 Å². The normalized spacial score (nSPS) is 19.3. The van der Waals surface area contributed by atoms with E-state index >= 15 is 0 Å². The second-order valence-electron chi connectivity index (χ2n) is 9.68. The number of anilines is 2. The van der Waals surface area contributed by atoms with E-state index in [1.54, 1.807) is 40.7 Å². The van der Waals surface area contributed by atoms with E-state index in [1.165, 1.54) is 0 Å². The number of fused-ring (bicyclic) bond motifs is 2. The number of ether oxygens (including phenoxy) is 1. The summed E-state index contributed by atoms with van der Waals surface area (Å²) in [4.78, 5) is 32.2. The summed E-state index contributed by atoms with van der Waals surface area (Å²) >= 11 is 0. The van der Waals surface area contributed by atoms with E-state index in [-0.39, 0.29) is 11.7 Å². The zero-order valence-electron chi connectivity index (χ0n) is 20.6. The van der Waals surface area contributed by atoms with Crippen LogP contribution in [0.15, 0.2) is 43.0 Å². The van der Waals surface area contributed by atoms with Crippen molar-refractivity contribution in [2.45, 2.75) is 6.92 Å². The average molecular weight is 502 g/mol. The predicted octanol–water partition coefficient (Wildman–Crippen LogP) is 1.60. The number of nitrogens with zero attached hydrogens (tertiary/aromatic N) is 7. The fraction of sp³-hybridized carbons (Fsp3) is 0.360. The maximum Gasteiger partial charge on any atom is 0.294 e. The molecule has 4 aromatic heterocycles. The van der Waals surface area contributed by atoms with Crippen LogP contribution in [-0.4, -0.2) is 78.9 Å². The van der Waals surface area contributed by atoms with Gasteiger partial charge in [0, 0.05) is 49.9 Å². The van der Waals surface area contributed by atoms with Gasteiger partial charge in [0.05, 0.1) is 49.2 Å². The molecule has 2 atom stereocenters. The van der Waals surface area contributed by atoms with Gasteiger partial charge in [0.25, 0.3) is 5.91 Å². The van der Waals surface area contributed by atoms with Crippen LogP contribution in [0.25, 0.3) is 16.8 Å². The number of nitrogens with one attached hydrogen (secondary N) is 2. The van der Waals surface area contributed by atoms with Gasteiger partial charge in [0.2, 0.25) is 11.7 Å². The molecule has 2 N–H and O–H groups in total. The maximum atomic E-state index is 13.1. The second-order valence-corrected chi connectivity index (χ2v) is 9.68. The number of hydrogen-bond donors (Lipinski definition) is 2. The van der Waals surface area contributed by atoms with Crippen LogP contribution in [0.4, 0.5) is 11.4 Å². The van der Waals surface area contributed by atoms with Gasteiger partial charge in [-0.25, -0.2) is 0 Å². The summed E-state index contributed by atoms with van der Waals surface area (Å²) < 4.78 is 8.86. The van der Waals surface area contributed by atoms with Crippen LogP contribution in [0.5, 0.6) is 0 Å². The summed E-state index contributed by atoms with van der Waals surface area (Å²) in [5.74, 6) is 0.638. The van der Waals surface area contributed by atoms with Crippen molar-refractivity contribution >= 4 is 28.8 Å². The molecule has 0 radical (unpaired) electrons. The van der Waals surface area contributed by atoms with Gasteiger partial charge in [0.15, 0.2) is 5.65 Å². The van der Waals surface area contributed by atoms with E-state index in [2.05, 4.69) is 35.8 Å². The number of hydrogen-bond acceptors (Lipinski definition) is 8. The molecule has 0 aliphatic carbocycles. The lowest BCUT2D eigenvalue weighted by Crippen LogP contribution is -2.32. The topological polar surface area (TPSA) is 132 Å². The van der Waals surface area contributed by atoms with Crippen molar-refractivity contribution < 1.29 is 14.3 Å². The number of carbonyl (C=O) groups excluding carboxylic acids is 2. The van der Waals surface area contributed by atoms with Crippen molar-refractivity contribution in [2.75, 3.05) is 43.5 Å². The van der Waals surface area contributed by atoms with Crippen molar-refractivity contribution in [1.82, 2.24) is 34.3 Å². The number of amides is 2. The van der Waals surface area contributed by atoms with Crippen molar-refractivity contribution in [3.63, 3.8) is 0 Å². The Morgan fingerprint density at radius 1 is 1.08 bits per heavy atom. The molecular weight excluding hydrogens is 474 g/mol. The minimum atomic E-state index is -0.430. The smallest absolute Gasteiger partial charge is 0.294 e. The third kappa shape index (κ3) is 4.68. The Labute approximate surface area is 212 Å². The maximum absolute atomic E-state index is 13.1. The molecule has 2 aliphatic rings. The van der Waals surface area contributed by atoms with Crippen molar-refractivity contribution in [3.8, 4) is 11.1 Å². The Hall–Kier alpha value is -4.16. The van der Waals surface area contributed by atoms with Gasteiger partial charge in [-0.15, -0.1) is 10.2 Å². The number of carbonyl (C=O) groups is 2. The van der Waals surface area contributed by atoms with Crippen LogP contribution in [0.3, 0.4) is 0 Å². The van der Waals surface area contributed by atoms with Gasteiger partial charge < -0.3 is 15.4 Å². The molecule has 2 aliphatic heterocycles. The van der Waals surface area contributed by atoms with Crippen LogP contribution < -0.4 is 10.6 Å². The predicted molar refractivity (Wildman–Crippen MR) is 135 cm³/mol. The summed E-state index contributed by atoms with van der Waals surface area (Å²) in [5.41, 5.74) is 4.03. The molecule has 12 nitrogen and oxygen atoms in total. The molecule has 0 spiro atoms. The van der Waals surface area contributed by atoms with Gasteiger partial charge in [-0.3, -0.25) is 28.6 Å². The molecule has 6 rings (SSSR count). The summed E-state index contributed by atoms with van der Waals surface area (Å²) in [5, 5.41) is 18.2. The Morgan fingerprint density at radius 2 is 1.89 bits per heavy atom. The van der Waals surface area contributed by atoms with Crippen LogP contribution in [0, 0.1) is 18.8 Å². The molecule has 2 unspecified atom stereocenters. The highest BCUT2D eigenvalue weighted by molar-refractivity contribution is 6.03. The summed E-state index contributed by atoms with van der Waals surface area (Å²) in [6.45, 7) is 5.41. The van der Waals surface area contributed by atoms with Crippen molar-refractivity contribution in [1.29, 1.82) is 0 Å². The van der Waals surface area contributed by atoms with E-state index in [0.717, 1.165) is 37.4 Å². The molecule has 2 amide bonds. The lowest BCUT2D eigenvalue weighted by atomic mass is 10.0. The standard InChI is InChI=1S/C25H27N9O3/c1-15-21(6-20(8-26-15)28-23(35)12-33-10-18-13-37-14-19(18)11-33)29-25(36)24-31-30-22-5-16(3-4-34(22)24)17-7-27-32(2)9-17/h3-9,18-19H,10-14H2,1-2H3,(H,28,35)(H,29,36). The first-order valence-corrected chi connectivity index (χ1v) is 12.1. The third-order valence-electron chi connectivity index (χ3n) is 6.95. The van der Waals surface area contributed by atoms with Gasteiger partial charge in [-0.1, -0.05) is 0 Å². The van der Waals surface area contributed by atoms with E-state index in [1.807, 2.05) is 25.4 Å². The number of aryl methyl sites for hydroxylation is 2. The number of likely N-dealkylation sites (tertiary alicyclic amines) is 1. The Kier molecular flexibility index (Phi) is 5.89. The fourth-order valence-corrected chi connectivity index (χ4v) is 5.02. The Morgan fingerprint density at radius 3 is 2.65 bits per heavy atom. The quantitative estimate of drug-likeness (QED) is 0.407. The summed E-state index contributed by atoms with van der Waals surface area (Å²) in [6, 6.07) is 5.44. The van der Waals surface area contributed by atoms with E-state index in [9.17, 15) is 9.59 Å². The van der Waals surface area contributed by atoms with Crippen molar-refractivity contribution in [3.05, 3.63) is 54.5 Å². The van der Waals surface area contributed by atoms with Gasteiger partial charge in [-0.2, -0.15) is 5.10 Å². The fourth-order valence-electron chi connectivity index (χ4n) is 5.02. The molecule has 12 heteroatoms. The van der Waals surface area contributed by atoms with Crippen LogP contribution in [-0.2, 0) is 16.6 Å². The summed E-state index contributed by atoms with van der Waals surface area (Å²) in [7, 11) is 1.85. The molecule has 190 valence electrons. The second kappa shape index (κ2) is 9.37. The van der Waals surface area contributed by atoms with Crippen molar-refractivity contribution in [2.24, 2.45) is 18.9 Å². The molecule has 4 aromatic rings. The average Bonchev–Trinajstić information content (AvgIpc) is 3.64. The Bertz CT molecular complexity index is 1480. The first kappa shape index (κ1) is 23.3. The number of pyridine rings is 2. The molecule has 0 aromatic carbocycles. The lowest BCUT2D eigenvalue weighted by Gasteiger charge is -2.16. The van der Waals surface area contributed by atoms with Gasteiger partial charge in [0.1, 0.15) is 0 Å². The molecule has 2 fully saturated rings. The van der Waals surface area contributed by atoms with E-state index in [4.69, 9.17) is 4.74 Å².